The lowest BCUT2D eigenvalue weighted by molar-refractivity contribution is 0.144. The third-order valence-electron chi connectivity index (χ3n) is 5.05. The van der Waals surface area contributed by atoms with Crippen molar-refractivity contribution in [2.75, 3.05) is 13.2 Å². The maximum Gasteiger partial charge on any atom is 0.315 e. The molecule has 8 heteroatoms. The monoisotopic (exact) mass is 408 g/mol. The molecule has 2 amide bonds. The van der Waals surface area contributed by atoms with E-state index in [4.69, 9.17) is 20.0 Å². The number of hydrogen-bond acceptors (Lipinski definition) is 4. The summed E-state index contributed by atoms with van der Waals surface area (Å²) in [5.41, 5.74) is 0. The van der Waals surface area contributed by atoms with Gasteiger partial charge in [-0.2, -0.15) is 4.21 Å². The maximum atomic E-state index is 11.8. The average molecular weight is 409 g/mol. The van der Waals surface area contributed by atoms with Gasteiger partial charge in [0, 0.05) is 18.0 Å². The number of hydrogen-bond donors (Lipinski definition) is 2. The van der Waals surface area contributed by atoms with Gasteiger partial charge in [0.15, 0.2) is 0 Å². The van der Waals surface area contributed by atoms with E-state index in [1.165, 1.54) is 19.3 Å². The summed E-state index contributed by atoms with van der Waals surface area (Å²) in [4.78, 5) is 11.8. The molecule has 152 valence electrons. The fraction of sp³-hybridized carbons (Fsp3) is 0.944. The fourth-order valence-electron chi connectivity index (χ4n) is 3.47. The SMILES string of the molecule is O=C(NCCCCCOS(=O)OC1CCC(Cl)CC1)NC1CCCCC1. The van der Waals surface area contributed by atoms with Gasteiger partial charge in [-0.25, -0.2) is 4.79 Å². The molecule has 2 N–H and O–H groups in total. The van der Waals surface area contributed by atoms with Crippen molar-refractivity contribution in [2.45, 2.75) is 94.6 Å². The quantitative estimate of drug-likeness (QED) is 0.424. The van der Waals surface area contributed by atoms with E-state index in [-0.39, 0.29) is 17.5 Å². The molecule has 2 fully saturated rings. The van der Waals surface area contributed by atoms with Gasteiger partial charge in [0.25, 0.3) is 0 Å². The number of rotatable bonds is 10. The molecule has 2 rings (SSSR count). The lowest BCUT2D eigenvalue weighted by Crippen LogP contribution is -2.43. The number of urea groups is 1. The molecule has 1 unspecified atom stereocenters. The van der Waals surface area contributed by atoms with Gasteiger partial charge >= 0.3 is 17.4 Å². The summed E-state index contributed by atoms with van der Waals surface area (Å²) in [6, 6.07) is 0.279. The van der Waals surface area contributed by atoms with Crippen LogP contribution in [0.2, 0.25) is 0 Å². The van der Waals surface area contributed by atoms with E-state index in [2.05, 4.69) is 10.6 Å². The average Bonchev–Trinajstić information content (AvgIpc) is 2.63. The van der Waals surface area contributed by atoms with E-state index in [0.29, 0.717) is 19.2 Å². The molecule has 2 aliphatic carbocycles. The maximum absolute atomic E-state index is 11.8. The minimum Gasteiger partial charge on any atom is -0.338 e. The van der Waals surface area contributed by atoms with Crippen molar-refractivity contribution in [3.8, 4) is 0 Å². The summed E-state index contributed by atoms with van der Waals surface area (Å²) in [6.07, 6.45) is 12.0. The lowest BCUT2D eigenvalue weighted by atomic mass is 9.96. The van der Waals surface area contributed by atoms with Gasteiger partial charge in [-0.1, -0.05) is 19.3 Å². The standard InChI is InChI=1S/C18H33ClN2O4S/c19-15-9-11-17(12-10-15)25-26(23)24-14-6-2-5-13-20-18(22)21-16-7-3-1-4-8-16/h15-17H,1-14H2,(H2,20,21,22). The van der Waals surface area contributed by atoms with Crippen molar-refractivity contribution in [3.05, 3.63) is 0 Å². The molecule has 0 spiro atoms. The first-order chi connectivity index (χ1) is 12.6. The highest BCUT2D eigenvalue weighted by molar-refractivity contribution is 7.75. The van der Waals surface area contributed by atoms with Crippen LogP contribution >= 0.6 is 11.6 Å². The molecular weight excluding hydrogens is 376 g/mol. The van der Waals surface area contributed by atoms with E-state index in [1.807, 2.05) is 0 Å². The minimum atomic E-state index is -1.67. The number of carbonyl (C=O) groups excluding carboxylic acids is 1. The zero-order chi connectivity index (χ0) is 18.6. The van der Waals surface area contributed by atoms with Crippen molar-refractivity contribution in [3.63, 3.8) is 0 Å². The van der Waals surface area contributed by atoms with Crippen molar-refractivity contribution in [1.82, 2.24) is 10.6 Å². The van der Waals surface area contributed by atoms with Gasteiger partial charge < -0.3 is 10.6 Å². The Hall–Kier alpha value is -0.370. The molecule has 0 bridgehead atoms. The second kappa shape index (κ2) is 12.9. The van der Waals surface area contributed by atoms with Crippen LogP contribution in [0, 0.1) is 0 Å². The van der Waals surface area contributed by atoms with E-state index in [9.17, 15) is 9.00 Å². The van der Waals surface area contributed by atoms with Gasteiger partial charge in [0.05, 0.1) is 12.7 Å². The van der Waals surface area contributed by atoms with Gasteiger partial charge in [-0.3, -0.25) is 8.37 Å². The van der Waals surface area contributed by atoms with E-state index in [0.717, 1.165) is 57.8 Å². The molecule has 0 heterocycles. The zero-order valence-corrected chi connectivity index (χ0v) is 17.1. The summed E-state index contributed by atoms with van der Waals surface area (Å²) in [6.45, 7) is 1.06. The predicted molar refractivity (Wildman–Crippen MR) is 104 cm³/mol. The highest BCUT2D eigenvalue weighted by atomic mass is 35.5. The summed E-state index contributed by atoms with van der Waals surface area (Å²) in [7, 11) is 0. The Labute approximate surface area is 165 Å². The zero-order valence-electron chi connectivity index (χ0n) is 15.6. The number of amides is 2. The first-order valence-electron chi connectivity index (χ1n) is 10.0. The number of carbonyl (C=O) groups is 1. The van der Waals surface area contributed by atoms with Crippen LogP contribution in [-0.4, -0.2) is 40.9 Å². The predicted octanol–water partition coefficient (Wildman–Crippen LogP) is 3.95. The minimum absolute atomic E-state index is 0.00212. The highest BCUT2D eigenvalue weighted by Crippen LogP contribution is 2.25. The van der Waals surface area contributed by atoms with Crippen LogP contribution in [0.5, 0.6) is 0 Å². The molecule has 2 aliphatic rings. The third-order valence-corrected chi connectivity index (χ3v) is 6.27. The smallest absolute Gasteiger partial charge is 0.315 e. The van der Waals surface area contributed by atoms with E-state index >= 15 is 0 Å². The van der Waals surface area contributed by atoms with Gasteiger partial charge in [-0.05, 0) is 57.8 Å². The van der Waals surface area contributed by atoms with E-state index < -0.39 is 11.4 Å². The second-order valence-electron chi connectivity index (χ2n) is 7.29. The van der Waals surface area contributed by atoms with Crippen molar-refractivity contribution >= 4 is 29.0 Å². The molecule has 0 aromatic heterocycles. The van der Waals surface area contributed by atoms with Crippen LogP contribution in [0.4, 0.5) is 4.79 Å². The van der Waals surface area contributed by atoms with Crippen LogP contribution in [-0.2, 0) is 19.7 Å². The first-order valence-corrected chi connectivity index (χ1v) is 11.5. The lowest BCUT2D eigenvalue weighted by Gasteiger charge is -2.23. The number of alkyl halides is 1. The van der Waals surface area contributed by atoms with Crippen LogP contribution in [0.15, 0.2) is 0 Å². The molecule has 6 nitrogen and oxygen atoms in total. The van der Waals surface area contributed by atoms with Crippen molar-refractivity contribution in [1.29, 1.82) is 0 Å². The van der Waals surface area contributed by atoms with Crippen molar-refractivity contribution in [2.24, 2.45) is 0 Å². The van der Waals surface area contributed by atoms with Gasteiger partial charge in [-0.15, -0.1) is 11.6 Å². The summed E-state index contributed by atoms with van der Waals surface area (Å²) in [5.74, 6) is 0. The summed E-state index contributed by atoms with van der Waals surface area (Å²) < 4.78 is 22.3. The summed E-state index contributed by atoms with van der Waals surface area (Å²) >= 11 is 4.37. The number of unbranched alkanes of at least 4 members (excludes halogenated alkanes) is 2. The molecule has 0 radical (unpaired) electrons. The van der Waals surface area contributed by atoms with Crippen LogP contribution in [0.3, 0.4) is 0 Å². The Bertz CT molecular complexity index is 427. The Balaban J connectivity index is 1.39. The number of nitrogens with one attached hydrogen (secondary N) is 2. The molecule has 0 aromatic rings. The Morgan fingerprint density at radius 3 is 2.46 bits per heavy atom. The van der Waals surface area contributed by atoms with Crippen molar-refractivity contribution < 1.29 is 17.4 Å². The first kappa shape index (κ1) is 21.9. The second-order valence-corrected chi connectivity index (χ2v) is 8.75. The molecule has 2 saturated carbocycles. The fourth-order valence-corrected chi connectivity index (χ4v) is 4.45. The van der Waals surface area contributed by atoms with Gasteiger partial charge in [0.1, 0.15) is 0 Å². The highest BCUT2D eigenvalue weighted by Gasteiger charge is 2.22. The topological polar surface area (TPSA) is 76.7 Å². The third kappa shape index (κ3) is 9.53. The molecule has 1 atom stereocenters. The van der Waals surface area contributed by atoms with Crippen LogP contribution < -0.4 is 10.6 Å². The molecule has 0 aliphatic heterocycles. The Kier molecular flexibility index (Phi) is 10.9. The van der Waals surface area contributed by atoms with Gasteiger partial charge in [0.2, 0.25) is 0 Å². The van der Waals surface area contributed by atoms with Crippen LogP contribution in [0.1, 0.15) is 77.0 Å². The molecular formula is C18H33ClN2O4S. The largest absolute Gasteiger partial charge is 0.338 e. The normalized spacial score (nSPS) is 25.6. The molecule has 0 saturated heterocycles. The molecule has 26 heavy (non-hydrogen) atoms. The summed E-state index contributed by atoms with van der Waals surface area (Å²) in [5, 5.41) is 6.16. The molecule has 0 aromatic carbocycles. The Morgan fingerprint density at radius 2 is 1.73 bits per heavy atom. The van der Waals surface area contributed by atoms with Crippen LogP contribution in [0.25, 0.3) is 0 Å². The number of halogens is 1. The van der Waals surface area contributed by atoms with E-state index in [1.54, 1.807) is 0 Å². The Morgan fingerprint density at radius 1 is 1.00 bits per heavy atom.